The third-order valence-electron chi connectivity index (χ3n) is 3.54. The van der Waals surface area contributed by atoms with E-state index in [4.69, 9.17) is 11.6 Å². The molecule has 1 aliphatic rings. The highest BCUT2D eigenvalue weighted by atomic mass is 35.5. The van der Waals surface area contributed by atoms with Gasteiger partial charge in [-0.15, -0.1) is 11.3 Å². The molecule has 0 radical (unpaired) electrons. The number of carbonyl (C=O) groups is 1. The van der Waals surface area contributed by atoms with Crippen molar-refractivity contribution >= 4 is 28.8 Å². The highest BCUT2D eigenvalue weighted by molar-refractivity contribution is 7.10. The lowest BCUT2D eigenvalue weighted by Gasteiger charge is -2.33. The van der Waals surface area contributed by atoms with Gasteiger partial charge >= 0.3 is 0 Å². The van der Waals surface area contributed by atoms with Crippen LogP contribution in [0.1, 0.15) is 33.8 Å². The summed E-state index contributed by atoms with van der Waals surface area (Å²) in [5.74, 6) is -0.0394. The van der Waals surface area contributed by atoms with Gasteiger partial charge in [-0.1, -0.05) is 11.6 Å². The van der Waals surface area contributed by atoms with Crippen molar-refractivity contribution < 1.29 is 4.79 Å². The molecule has 3 rings (SSSR count). The lowest BCUT2D eigenvalue weighted by Crippen LogP contribution is -2.38. The summed E-state index contributed by atoms with van der Waals surface area (Å²) in [5, 5.41) is 2.55. The van der Waals surface area contributed by atoms with E-state index < -0.39 is 0 Å². The van der Waals surface area contributed by atoms with E-state index in [1.54, 1.807) is 29.8 Å². The molecule has 1 atom stereocenters. The van der Waals surface area contributed by atoms with Gasteiger partial charge in [0.2, 0.25) is 0 Å². The molecule has 1 amide bonds. The van der Waals surface area contributed by atoms with Crippen molar-refractivity contribution in [1.82, 2.24) is 9.88 Å². The summed E-state index contributed by atoms with van der Waals surface area (Å²) < 4.78 is 0. The Morgan fingerprint density at radius 3 is 3.16 bits per heavy atom. The fraction of sp³-hybridized carbons (Fsp3) is 0.286. The smallest absolute Gasteiger partial charge is 0.257 e. The van der Waals surface area contributed by atoms with Crippen LogP contribution in [0, 0.1) is 0 Å². The Morgan fingerprint density at radius 1 is 1.53 bits per heavy atom. The van der Waals surface area contributed by atoms with Crippen molar-refractivity contribution in [3.8, 4) is 0 Å². The van der Waals surface area contributed by atoms with Gasteiger partial charge in [-0.3, -0.25) is 9.78 Å². The average molecular weight is 293 g/mol. The van der Waals surface area contributed by atoms with Crippen LogP contribution < -0.4 is 0 Å². The Hall–Kier alpha value is -1.39. The summed E-state index contributed by atoms with van der Waals surface area (Å²) in [6.07, 6.45) is 4.05. The SMILES string of the molecule is CC1c2ccsc2CCN1C(=O)c1cnccc1Cl. The van der Waals surface area contributed by atoms with Crippen LogP contribution in [0.2, 0.25) is 5.02 Å². The zero-order valence-corrected chi connectivity index (χ0v) is 12.0. The second kappa shape index (κ2) is 4.94. The fourth-order valence-corrected chi connectivity index (χ4v) is 3.63. The maximum atomic E-state index is 12.6. The van der Waals surface area contributed by atoms with E-state index in [1.165, 1.54) is 10.4 Å². The minimum Gasteiger partial charge on any atom is -0.331 e. The first-order valence-corrected chi connectivity index (χ1v) is 7.41. The van der Waals surface area contributed by atoms with E-state index in [2.05, 4.69) is 23.4 Å². The number of amides is 1. The Balaban J connectivity index is 1.92. The standard InChI is InChI=1S/C14H13ClN2OS/c1-9-10-4-7-19-13(10)3-6-17(9)14(18)11-8-16-5-2-12(11)15/h2,4-5,7-9H,3,6H2,1H3. The van der Waals surface area contributed by atoms with Crippen LogP contribution in [-0.4, -0.2) is 22.3 Å². The summed E-state index contributed by atoms with van der Waals surface area (Å²) in [7, 11) is 0. The topological polar surface area (TPSA) is 33.2 Å². The van der Waals surface area contributed by atoms with Gasteiger partial charge in [0.05, 0.1) is 16.6 Å². The third kappa shape index (κ3) is 2.15. The van der Waals surface area contributed by atoms with Crippen molar-refractivity contribution in [3.63, 3.8) is 0 Å². The monoisotopic (exact) mass is 292 g/mol. The van der Waals surface area contributed by atoms with Crippen LogP contribution in [0.25, 0.3) is 0 Å². The van der Waals surface area contributed by atoms with Gasteiger partial charge in [0.1, 0.15) is 0 Å². The number of hydrogen-bond donors (Lipinski definition) is 0. The molecule has 0 saturated carbocycles. The summed E-state index contributed by atoms with van der Waals surface area (Å²) in [6.45, 7) is 2.80. The van der Waals surface area contributed by atoms with Gasteiger partial charge in [0.25, 0.3) is 5.91 Å². The first-order chi connectivity index (χ1) is 9.18. The summed E-state index contributed by atoms with van der Waals surface area (Å²) in [4.78, 5) is 19.8. The first-order valence-electron chi connectivity index (χ1n) is 6.15. The van der Waals surface area contributed by atoms with Gasteiger partial charge < -0.3 is 4.90 Å². The molecule has 1 unspecified atom stereocenters. The average Bonchev–Trinajstić information content (AvgIpc) is 2.88. The summed E-state index contributed by atoms with van der Waals surface area (Å²) in [6, 6.07) is 3.85. The van der Waals surface area contributed by atoms with Crippen LogP contribution in [0.4, 0.5) is 0 Å². The first kappa shape index (κ1) is 12.6. The molecule has 0 aliphatic carbocycles. The van der Waals surface area contributed by atoms with Gasteiger partial charge in [-0.25, -0.2) is 0 Å². The van der Waals surface area contributed by atoms with E-state index in [-0.39, 0.29) is 11.9 Å². The lowest BCUT2D eigenvalue weighted by atomic mass is 10.0. The fourth-order valence-electron chi connectivity index (χ4n) is 2.48. The number of hydrogen-bond acceptors (Lipinski definition) is 3. The molecular weight excluding hydrogens is 280 g/mol. The maximum absolute atomic E-state index is 12.6. The van der Waals surface area contributed by atoms with Crippen molar-refractivity contribution in [2.75, 3.05) is 6.54 Å². The van der Waals surface area contributed by atoms with Gasteiger partial charge in [-0.05, 0) is 36.4 Å². The van der Waals surface area contributed by atoms with Crippen molar-refractivity contribution in [2.45, 2.75) is 19.4 Å². The van der Waals surface area contributed by atoms with Crippen molar-refractivity contribution in [2.24, 2.45) is 0 Å². The summed E-state index contributed by atoms with van der Waals surface area (Å²) >= 11 is 7.85. The van der Waals surface area contributed by atoms with E-state index in [0.29, 0.717) is 10.6 Å². The zero-order chi connectivity index (χ0) is 13.4. The summed E-state index contributed by atoms with van der Waals surface area (Å²) in [5.41, 5.74) is 1.74. The number of thiophene rings is 1. The molecule has 0 spiro atoms. The van der Waals surface area contributed by atoms with Crippen LogP contribution in [-0.2, 0) is 6.42 Å². The minimum absolute atomic E-state index is 0.0394. The molecule has 98 valence electrons. The van der Waals surface area contributed by atoms with E-state index >= 15 is 0 Å². The molecule has 0 saturated heterocycles. The molecule has 5 heteroatoms. The molecule has 19 heavy (non-hydrogen) atoms. The van der Waals surface area contributed by atoms with E-state index in [9.17, 15) is 4.79 Å². The van der Waals surface area contributed by atoms with Crippen LogP contribution >= 0.6 is 22.9 Å². The normalized spacial score (nSPS) is 18.2. The quantitative estimate of drug-likeness (QED) is 0.805. The van der Waals surface area contributed by atoms with Crippen molar-refractivity contribution in [3.05, 3.63) is 50.9 Å². The molecule has 0 bridgehead atoms. The number of fused-ring (bicyclic) bond motifs is 1. The van der Waals surface area contributed by atoms with E-state index in [1.807, 2.05) is 4.90 Å². The molecule has 2 aromatic heterocycles. The van der Waals surface area contributed by atoms with Gasteiger partial charge in [0, 0.05) is 23.8 Å². The van der Waals surface area contributed by atoms with Crippen LogP contribution in [0.3, 0.4) is 0 Å². The number of pyridine rings is 1. The highest BCUT2D eigenvalue weighted by Crippen LogP contribution is 2.34. The minimum atomic E-state index is -0.0394. The van der Waals surface area contributed by atoms with Crippen LogP contribution in [0.5, 0.6) is 0 Å². The van der Waals surface area contributed by atoms with Gasteiger partial charge in [0.15, 0.2) is 0 Å². The Labute approximate surface area is 120 Å². The predicted molar refractivity (Wildman–Crippen MR) is 76.7 cm³/mol. The molecule has 0 fully saturated rings. The molecule has 3 heterocycles. The Kier molecular flexibility index (Phi) is 3.29. The molecule has 0 N–H and O–H groups in total. The second-order valence-corrected chi connectivity index (χ2v) is 5.99. The van der Waals surface area contributed by atoms with E-state index in [0.717, 1.165) is 13.0 Å². The molecule has 3 nitrogen and oxygen atoms in total. The number of nitrogens with zero attached hydrogens (tertiary/aromatic N) is 2. The Bertz CT molecular complexity index is 625. The predicted octanol–water partition coefficient (Wildman–Crippen LogP) is 3.56. The third-order valence-corrected chi connectivity index (χ3v) is 4.86. The number of carbonyl (C=O) groups excluding carboxylic acids is 1. The van der Waals surface area contributed by atoms with Crippen molar-refractivity contribution in [1.29, 1.82) is 0 Å². The largest absolute Gasteiger partial charge is 0.331 e. The molecule has 0 aromatic carbocycles. The number of halogens is 1. The maximum Gasteiger partial charge on any atom is 0.257 e. The molecular formula is C14H13ClN2OS. The lowest BCUT2D eigenvalue weighted by molar-refractivity contribution is 0.0679. The van der Waals surface area contributed by atoms with Crippen LogP contribution in [0.15, 0.2) is 29.9 Å². The second-order valence-electron chi connectivity index (χ2n) is 4.58. The molecule has 1 aliphatic heterocycles. The van der Waals surface area contributed by atoms with Gasteiger partial charge in [-0.2, -0.15) is 0 Å². The molecule has 2 aromatic rings. The number of aromatic nitrogens is 1. The highest BCUT2D eigenvalue weighted by Gasteiger charge is 2.29. The zero-order valence-electron chi connectivity index (χ0n) is 10.5. The number of rotatable bonds is 1. The Morgan fingerprint density at radius 2 is 2.37 bits per heavy atom.